The third-order valence-electron chi connectivity index (χ3n) is 3.29. The molecule has 0 saturated carbocycles. The van der Waals surface area contributed by atoms with Gasteiger partial charge in [-0.15, -0.1) is 11.3 Å². The molecule has 5 heteroatoms. The summed E-state index contributed by atoms with van der Waals surface area (Å²) in [5, 5.41) is 2.57. The van der Waals surface area contributed by atoms with E-state index in [1.165, 1.54) is 24.1 Å². The van der Waals surface area contributed by atoms with Crippen LogP contribution in [0.2, 0.25) is 10.0 Å². The van der Waals surface area contributed by atoms with Gasteiger partial charge in [-0.25, -0.2) is 0 Å². The number of hydrogen-bond donors (Lipinski definition) is 1. The molecule has 0 aliphatic heterocycles. The number of thiophene rings is 1. The van der Waals surface area contributed by atoms with E-state index in [0.29, 0.717) is 16.6 Å². The van der Waals surface area contributed by atoms with Crippen molar-refractivity contribution in [2.24, 2.45) is 5.73 Å². The molecule has 3 aromatic rings. The molecule has 0 aliphatic carbocycles. The highest BCUT2D eigenvalue weighted by atomic mass is 127. The van der Waals surface area contributed by atoms with Crippen LogP contribution in [0.15, 0.2) is 36.4 Å². The minimum Gasteiger partial charge on any atom is -0.330 e. The molecule has 0 radical (unpaired) electrons. The van der Waals surface area contributed by atoms with E-state index in [9.17, 15) is 0 Å². The monoisotopic (exact) mass is 447 g/mol. The fourth-order valence-corrected chi connectivity index (χ4v) is 4.62. The predicted molar refractivity (Wildman–Crippen MR) is 103 cm³/mol. The molecule has 0 aliphatic rings. The summed E-state index contributed by atoms with van der Waals surface area (Å²) in [7, 11) is 0. The van der Waals surface area contributed by atoms with Crippen molar-refractivity contribution >= 4 is 67.2 Å². The minimum absolute atomic E-state index is 0.627. The van der Waals surface area contributed by atoms with Crippen LogP contribution in [0.1, 0.15) is 4.88 Å². The number of nitrogens with two attached hydrogens (primary N) is 1. The Labute approximate surface area is 151 Å². The third-order valence-corrected chi connectivity index (χ3v) is 5.74. The molecule has 108 valence electrons. The maximum absolute atomic E-state index is 6.42. The molecule has 0 spiro atoms. The van der Waals surface area contributed by atoms with Crippen molar-refractivity contribution in [3.63, 3.8) is 0 Å². The second kappa shape index (κ2) is 6.42. The van der Waals surface area contributed by atoms with Gasteiger partial charge in [0.1, 0.15) is 0 Å². The Bertz CT molecular complexity index is 813. The molecule has 0 atom stereocenters. The molecular formula is C16H12Cl2INS. The van der Waals surface area contributed by atoms with Crippen LogP contribution in [-0.2, 0) is 6.42 Å². The maximum Gasteiger partial charge on any atom is 0.0499 e. The summed E-state index contributed by atoms with van der Waals surface area (Å²) in [5.74, 6) is 0. The fraction of sp³-hybridized carbons (Fsp3) is 0.125. The summed E-state index contributed by atoms with van der Waals surface area (Å²) >= 11 is 16.6. The zero-order valence-corrected chi connectivity index (χ0v) is 15.5. The van der Waals surface area contributed by atoms with E-state index in [1.54, 1.807) is 17.4 Å². The number of halogens is 3. The number of fused-ring (bicyclic) bond motifs is 1. The molecule has 0 fully saturated rings. The first-order chi connectivity index (χ1) is 10.1. The van der Waals surface area contributed by atoms with Crippen LogP contribution in [0.5, 0.6) is 0 Å². The average Bonchev–Trinajstić information content (AvgIpc) is 2.77. The van der Waals surface area contributed by atoms with E-state index in [1.807, 2.05) is 12.1 Å². The molecule has 3 rings (SSSR count). The molecule has 1 nitrogen and oxygen atoms in total. The molecule has 1 aromatic heterocycles. The predicted octanol–water partition coefficient (Wildman–Crippen LogP) is 5.98. The van der Waals surface area contributed by atoms with Gasteiger partial charge in [0.15, 0.2) is 0 Å². The highest BCUT2D eigenvalue weighted by Crippen LogP contribution is 2.42. The second-order valence-corrected chi connectivity index (χ2v) is 7.93. The second-order valence-electron chi connectivity index (χ2n) is 4.70. The van der Waals surface area contributed by atoms with Gasteiger partial charge < -0.3 is 5.73 Å². The van der Waals surface area contributed by atoms with Crippen LogP contribution in [0.3, 0.4) is 0 Å². The molecule has 21 heavy (non-hydrogen) atoms. The molecular weight excluding hydrogens is 436 g/mol. The lowest BCUT2D eigenvalue weighted by atomic mass is 10.0. The maximum atomic E-state index is 6.42. The summed E-state index contributed by atoms with van der Waals surface area (Å²) in [6, 6.07) is 12.2. The summed E-state index contributed by atoms with van der Waals surface area (Å²) < 4.78 is 2.48. The van der Waals surface area contributed by atoms with Gasteiger partial charge in [0, 0.05) is 39.7 Å². The lowest BCUT2D eigenvalue weighted by molar-refractivity contribution is 0.990. The van der Waals surface area contributed by atoms with Gasteiger partial charge in [-0.3, -0.25) is 0 Å². The topological polar surface area (TPSA) is 26.0 Å². The van der Waals surface area contributed by atoms with Gasteiger partial charge in [-0.2, -0.15) is 0 Å². The van der Waals surface area contributed by atoms with E-state index in [0.717, 1.165) is 12.0 Å². The normalized spacial score (nSPS) is 11.2. The van der Waals surface area contributed by atoms with E-state index in [2.05, 4.69) is 40.8 Å². The standard InChI is InChI=1S/C16H12Cl2INS/c17-9-1-3-11(13(18)7-9)16-12-8-10(19)2-4-14(12)21-15(16)5-6-20/h1-4,7-8H,5-6,20H2. The fourth-order valence-electron chi connectivity index (χ4n) is 2.42. The van der Waals surface area contributed by atoms with E-state index < -0.39 is 0 Å². The first kappa shape index (κ1) is 15.6. The zero-order chi connectivity index (χ0) is 15.0. The summed E-state index contributed by atoms with van der Waals surface area (Å²) in [6.45, 7) is 0.627. The molecule has 0 bridgehead atoms. The largest absolute Gasteiger partial charge is 0.330 e. The number of benzene rings is 2. The van der Waals surface area contributed by atoms with Gasteiger partial charge in [-0.1, -0.05) is 29.3 Å². The first-order valence-electron chi connectivity index (χ1n) is 6.46. The smallest absolute Gasteiger partial charge is 0.0499 e. The summed E-state index contributed by atoms with van der Waals surface area (Å²) in [6.07, 6.45) is 0.851. The van der Waals surface area contributed by atoms with Crippen molar-refractivity contribution < 1.29 is 0 Å². The average molecular weight is 448 g/mol. The molecule has 0 amide bonds. The molecule has 0 unspecified atom stereocenters. The Morgan fingerprint density at radius 1 is 1.10 bits per heavy atom. The molecule has 2 N–H and O–H groups in total. The first-order valence-corrected chi connectivity index (χ1v) is 9.11. The van der Waals surface area contributed by atoms with Crippen molar-refractivity contribution in [3.05, 3.63) is 54.9 Å². The van der Waals surface area contributed by atoms with Crippen LogP contribution in [0, 0.1) is 3.57 Å². The van der Waals surface area contributed by atoms with Crippen molar-refractivity contribution in [2.75, 3.05) is 6.54 Å². The Balaban J connectivity index is 2.32. The minimum atomic E-state index is 0.627. The lowest BCUT2D eigenvalue weighted by Gasteiger charge is -2.07. The van der Waals surface area contributed by atoms with Crippen molar-refractivity contribution in [1.29, 1.82) is 0 Å². The Hall–Kier alpha value is -0.330. The number of rotatable bonds is 3. The Morgan fingerprint density at radius 2 is 1.90 bits per heavy atom. The number of hydrogen-bond acceptors (Lipinski definition) is 2. The van der Waals surface area contributed by atoms with E-state index >= 15 is 0 Å². The lowest BCUT2D eigenvalue weighted by Crippen LogP contribution is -2.02. The van der Waals surface area contributed by atoms with Gasteiger partial charge in [0.05, 0.1) is 0 Å². The van der Waals surface area contributed by atoms with Gasteiger partial charge in [0.2, 0.25) is 0 Å². The van der Waals surface area contributed by atoms with Crippen LogP contribution < -0.4 is 5.73 Å². The van der Waals surface area contributed by atoms with Crippen LogP contribution >= 0.6 is 57.1 Å². The summed E-state index contributed by atoms with van der Waals surface area (Å²) in [5.41, 5.74) is 7.99. The van der Waals surface area contributed by atoms with Gasteiger partial charge in [0.25, 0.3) is 0 Å². The quantitative estimate of drug-likeness (QED) is 0.491. The SMILES string of the molecule is NCCc1sc2ccc(I)cc2c1-c1ccc(Cl)cc1Cl. The summed E-state index contributed by atoms with van der Waals surface area (Å²) in [4.78, 5) is 1.28. The Kier molecular flexibility index (Phi) is 4.76. The van der Waals surface area contributed by atoms with Crippen LogP contribution in [0.25, 0.3) is 21.2 Å². The molecule has 1 heterocycles. The molecule has 0 saturated heterocycles. The van der Waals surface area contributed by atoms with E-state index in [-0.39, 0.29) is 0 Å². The van der Waals surface area contributed by atoms with Gasteiger partial charge in [-0.05, 0) is 65.9 Å². The van der Waals surface area contributed by atoms with Crippen molar-refractivity contribution in [1.82, 2.24) is 0 Å². The highest BCUT2D eigenvalue weighted by molar-refractivity contribution is 14.1. The zero-order valence-electron chi connectivity index (χ0n) is 11.0. The molecule has 2 aromatic carbocycles. The third kappa shape index (κ3) is 3.08. The van der Waals surface area contributed by atoms with Crippen LogP contribution in [-0.4, -0.2) is 6.54 Å². The van der Waals surface area contributed by atoms with Gasteiger partial charge >= 0.3 is 0 Å². The van der Waals surface area contributed by atoms with E-state index in [4.69, 9.17) is 28.9 Å². The highest BCUT2D eigenvalue weighted by Gasteiger charge is 2.16. The van der Waals surface area contributed by atoms with Crippen molar-refractivity contribution in [2.45, 2.75) is 6.42 Å². The van der Waals surface area contributed by atoms with Crippen molar-refractivity contribution in [3.8, 4) is 11.1 Å². The Morgan fingerprint density at radius 3 is 2.62 bits per heavy atom. The van der Waals surface area contributed by atoms with Crippen LogP contribution in [0.4, 0.5) is 0 Å².